The molecule has 0 atom stereocenters. The number of ether oxygens (including phenoxy) is 1. The molecule has 1 heterocycles. The van der Waals surface area contributed by atoms with E-state index in [9.17, 15) is 14.9 Å². The van der Waals surface area contributed by atoms with Crippen molar-refractivity contribution in [1.29, 1.82) is 5.26 Å². The summed E-state index contributed by atoms with van der Waals surface area (Å²) in [7, 11) is 0. The number of amides is 1. The molecule has 0 aliphatic carbocycles. The fraction of sp³-hybridized carbons (Fsp3) is 0.100. The highest BCUT2D eigenvalue weighted by Crippen LogP contribution is 2.29. The SMILES string of the molecule is CCOC(=O)c1c(C#N)c(NC(=O)c2c(Cl)cccc2Cl)nc2ccccc12. The standard InChI is InChI=1S/C20H13Cl2N3O3/c1-2-28-20(27)16-11-6-3-4-9-15(11)24-18(12(16)10-23)25-19(26)17-13(21)7-5-8-14(17)22/h3-9H,2H2,1H3,(H,24,25,26). The Morgan fingerprint density at radius 1 is 1.11 bits per heavy atom. The molecule has 0 fully saturated rings. The molecule has 1 aromatic heterocycles. The lowest BCUT2D eigenvalue weighted by molar-refractivity contribution is 0.0528. The number of carbonyl (C=O) groups is 2. The highest BCUT2D eigenvalue weighted by atomic mass is 35.5. The lowest BCUT2D eigenvalue weighted by Gasteiger charge is -2.13. The van der Waals surface area contributed by atoms with E-state index in [1.165, 1.54) is 12.1 Å². The first-order chi connectivity index (χ1) is 13.5. The molecule has 6 nitrogen and oxygen atoms in total. The first-order valence-corrected chi connectivity index (χ1v) is 8.98. The Hall–Kier alpha value is -3.14. The van der Waals surface area contributed by atoms with Gasteiger partial charge in [0.05, 0.1) is 33.3 Å². The zero-order valence-corrected chi connectivity index (χ0v) is 16.1. The number of aromatic nitrogens is 1. The minimum absolute atomic E-state index is 0.0375. The quantitative estimate of drug-likeness (QED) is 0.617. The minimum atomic E-state index is -0.677. The van der Waals surface area contributed by atoms with E-state index in [0.29, 0.717) is 10.9 Å². The Bertz CT molecular complexity index is 1120. The smallest absolute Gasteiger partial charge is 0.340 e. The van der Waals surface area contributed by atoms with Crippen LogP contribution in [0.5, 0.6) is 0 Å². The molecule has 3 aromatic rings. The van der Waals surface area contributed by atoms with Gasteiger partial charge in [0.15, 0.2) is 5.82 Å². The summed E-state index contributed by atoms with van der Waals surface area (Å²) in [5.41, 5.74) is 0.400. The van der Waals surface area contributed by atoms with E-state index < -0.39 is 11.9 Å². The molecule has 0 saturated carbocycles. The number of rotatable bonds is 4. The van der Waals surface area contributed by atoms with Gasteiger partial charge in [-0.15, -0.1) is 0 Å². The van der Waals surface area contributed by atoms with Crippen molar-refractivity contribution in [2.45, 2.75) is 6.92 Å². The molecule has 0 aliphatic heterocycles. The van der Waals surface area contributed by atoms with Gasteiger partial charge in [0.1, 0.15) is 11.6 Å². The molecule has 1 N–H and O–H groups in total. The van der Waals surface area contributed by atoms with E-state index in [2.05, 4.69) is 10.3 Å². The van der Waals surface area contributed by atoms with Crippen LogP contribution in [-0.2, 0) is 4.74 Å². The summed E-state index contributed by atoms with van der Waals surface area (Å²) in [5.74, 6) is -1.40. The Morgan fingerprint density at radius 2 is 1.79 bits per heavy atom. The highest BCUT2D eigenvalue weighted by Gasteiger charge is 2.24. The third-order valence-electron chi connectivity index (χ3n) is 3.91. The number of benzene rings is 2. The number of carbonyl (C=O) groups excluding carboxylic acids is 2. The third kappa shape index (κ3) is 3.63. The molecule has 140 valence electrons. The molecular formula is C20H13Cl2N3O3. The van der Waals surface area contributed by atoms with Gasteiger partial charge in [0.25, 0.3) is 5.91 Å². The maximum Gasteiger partial charge on any atom is 0.340 e. The second kappa shape index (κ2) is 8.26. The number of para-hydroxylation sites is 1. The van der Waals surface area contributed by atoms with E-state index in [0.717, 1.165) is 0 Å². The van der Waals surface area contributed by atoms with Crippen molar-refractivity contribution >= 4 is 51.8 Å². The van der Waals surface area contributed by atoms with Crippen LogP contribution in [0.3, 0.4) is 0 Å². The Labute approximate surface area is 170 Å². The number of nitrogens with zero attached hydrogens (tertiary/aromatic N) is 2. The Morgan fingerprint density at radius 3 is 2.43 bits per heavy atom. The van der Waals surface area contributed by atoms with Crippen LogP contribution in [0.25, 0.3) is 10.9 Å². The van der Waals surface area contributed by atoms with Gasteiger partial charge in [-0.2, -0.15) is 5.26 Å². The number of esters is 1. The zero-order valence-electron chi connectivity index (χ0n) is 14.6. The summed E-state index contributed by atoms with van der Waals surface area (Å²) in [6.45, 7) is 1.80. The molecule has 3 rings (SSSR count). The topological polar surface area (TPSA) is 92.1 Å². The minimum Gasteiger partial charge on any atom is -0.462 e. The van der Waals surface area contributed by atoms with Crippen molar-refractivity contribution in [1.82, 2.24) is 4.98 Å². The van der Waals surface area contributed by atoms with Crippen molar-refractivity contribution in [2.24, 2.45) is 0 Å². The summed E-state index contributed by atoms with van der Waals surface area (Å²) in [5, 5.41) is 13.0. The van der Waals surface area contributed by atoms with Crippen LogP contribution in [0.15, 0.2) is 42.5 Å². The molecule has 0 aliphatic rings. The zero-order chi connectivity index (χ0) is 20.3. The van der Waals surface area contributed by atoms with Crippen LogP contribution in [0, 0.1) is 11.3 Å². The molecule has 28 heavy (non-hydrogen) atoms. The predicted molar refractivity (Wildman–Crippen MR) is 107 cm³/mol. The van der Waals surface area contributed by atoms with E-state index >= 15 is 0 Å². The number of pyridine rings is 1. The lowest BCUT2D eigenvalue weighted by atomic mass is 10.0. The van der Waals surface area contributed by atoms with Gasteiger partial charge in [0, 0.05) is 5.39 Å². The van der Waals surface area contributed by atoms with Crippen molar-refractivity contribution in [3.8, 4) is 6.07 Å². The number of anilines is 1. The molecule has 1 amide bonds. The van der Waals surface area contributed by atoms with Crippen LogP contribution < -0.4 is 5.32 Å². The van der Waals surface area contributed by atoms with E-state index in [1.807, 2.05) is 6.07 Å². The van der Waals surface area contributed by atoms with Crippen LogP contribution in [0.2, 0.25) is 10.0 Å². The molecule has 0 radical (unpaired) electrons. The fourth-order valence-corrected chi connectivity index (χ4v) is 3.28. The molecule has 2 aromatic carbocycles. The second-order valence-electron chi connectivity index (χ2n) is 5.61. The normalized spacial score (nSPS) is 10.4. The number of nitrogens with one attached hydrogen (secondary N) is 1. The summed E-state index contributed by atoms with van der Waals surface area (Å²) < 4.78 is 5.09. The van der Waals surface area contributed by atoms with Gasteiger partial charge >= 0.3 is 5.97 Å². The first-order valence-electron chi connectivity index (χ1n) is 8.23. The number of hydrogen-bond donors (Lipinski definition) is 1. The van der Waals surface area contributed by atoms with Gasteiger partial charge in [-0.05, 0) is 25.1 Å². The van der Waals surface area contributed by atoms with Crippen LogP contribution >= 0.6 is 23.2 Å². The summed E-state index contributed by atoms with van der Waals surface area (Å²) in [6, 6.07) is 13.4. The molecule has 0 saturated heterocycles. The molecule has 0 spiro atoms. The van der Waals surface area contributed by atoms with Gasteiger partial charge < -0.3 is 10.1 Å². The lowest BCUT2D eigenvalue weighted by Crippen LogP contribution is -2.18. The Kier molecular flexibility index (Phi) is 5.78. The monoisotopic (exact) mass is 413 g/mol. The van der Waals surface area contributed by atoms with Crippen molar-refractivity contribution in [2.75, 3.05) is 11.9 Å². The van der Waals surface area contributed by atoms with Crippen LogP contribution in [-0.4, -0.2) is 23.5 Å². The Balaban J connectivity index is 2.17. The van der Waals surface area contributed by atoms with Crippen molar-refractivity contribution < 1.29 is 14.3 Å². The number of nitriles is 1. The summed E-state index contributed by atoms with van der Waals surface area (Å²) >= 11 is 12.2. The number of hydrogen-bond acceptors (Lipinski definition) is 5. The second-order valence-corrected chi connectivity index (χ2v) is 6.43. The predicted octanol–water partition coefficient (Wildman–Crippen LogP) is 4.84. The number of halogens is 2. The molecule has 0 bridgehead atoms. The number of fused-ring (bicyclic) bond motifs is 1. The molecule has 0 unspecified atom stereocenters. The summed E-state index contributed by atoms with van der Waals surface area (Å²) in [4.78, 5) is 29.5. The maximum absolute atomic E-state index is 12.7. The summed E-state index contributed by atoms with van der Waals surface area (Å²) in [6.07, 6.45) is 0. The van der Waals surface area contributed by atoms with E-state index in [-0.39, 0.29) is 39.2 Å². The van der Waals surface area contributed by atoms with Crippen molar-refractivity contribution in [3.63, 3.8) is 0 Å². The van der Waals surface area contributed by atoms with Crippen LogP contribution in [0.4, 0.5) is 5.82 Å². The third-order valence-corrected chi connectivity index (χ3v) is 4.54. The molecular weight excluding hydrogens is 401 g/mol. The molecule has 8 heteroatoms. The average Bonchev–Trinajstić information content (AvgIpc) is 2.66. The van der Waals surface area contributed by atoms with Gasteiger partial charge in [-0.3, -0.25) is 4.79 Å². The fourth-order valence-electron chi connectivity index (χ4n) is 2.71. The van der Waals surface area contributed by atoms with E-state index in [1.54, 1.807) is 37.3 Å². The average molecular weight is 414 g/mol. The maximum atomic E-state index is 12.7. The van der Waals surface area contributed by atoms with Gasteiger partial charge in [-0.1, -0.05) is 47.5 Å². The first kappa shape index (κ1) is 19.6. The largest absolute Gasteiger partial charge is 0.462 e. The van der Waals surface area contributed by atoms with Gasteiger partial charge in [0.2, 0.25) is 0 Å². The van der Waals surface area contributed by atoms with Crippen LogP contribution in [0.1, 0.15) is 33.2 Å². The van der Waals surface area contributed by atoms with E-state index in [4.69, 9.17) is 27.9 Å². The van der Waals surface area contributed by atoms with Crippen molar-refractivity contribution in [3.05, 3.63) is 69.2 Å². The highest BCUT2D eigenvalue weighted by molar-refractivity contribution is 6.40. The van der Waals surface area contributed by atoms with Gasteiger partial charge in [-0.25, -0.2) is 9.78 Å².